The number of aromatic hydroxyl groups is 1. The normalized spacial score (nSPS) is 12.0. The van der Waals surface area contributed by atoms with E-state index in [1.165, 1.54) is 19.4 Å². The average molecular weight is 308 g/mol. The molecule has 8 nitrogen and oxygen atoms in total. The fourth-order valence-electron chi connectivity index (χ4n) is 1.72. The first kappa shape index (κ1) is 17.3. The SMILES string of the molecule is COc1ccc(C=NC(CCCN=C(N)N)C(=O)O)cc1O. The molecule has 6 N–H and O–H groups in total. The molecule has 120 valence electrons. The molecule has 0 aliphatic heterocycles. The maximum atomic E-state index is 11.1. The van der Waals surface area contributed by atoms with E-state index in [2.05, 4.69) is 9.98 Å². The minimum absolute atomic E-state index is 0.0240. The first-order valence-corrected chi connectivity index (χ1v) is 6.62. The molecule has 1 rings (SSSR count). The predicted octanol–water partition coefficient (Wildman–Crippen LogP) is 0.327. The minimum atomic E-state index is -1.03. The molecule has 0 bridgehead atoms. The van der Waals surface area contributed by atoms with E-state index in [-0.39, 0.29) is 11.7 Å². The Labute approximate surface area is 128 Å². The summed E-state index contributed by atoms with van der Waals surface area (Å²) in [5.74, 6) is -0.752. The van der Waals surface area contributed by atoms with E-state index in [0.29, 0.717) is 30.7 Å². The summed E-state index contributed by atoms with van der Waals surface area (Å²) >= 11 is 0. The van der Waals surface area contributed by atoms with Crippen LogP contribution in [0.2, 0.25) is 0 Å². The molecule has 0 amide bonds. The number of phenols is 1. The van der Waals surface area contributed by atoms with Crippen molar-refractivity contribution in [2.75, 3.05) is 13.7 Å². The second-order valence-electron chi connectivity index (χ2n) is 4.51. The Balaban J connectivity index is 2.67. The van der Waals surface area contributed by atoms with Crippen LogP contribution in [0.25, 0.3) is 0 Å². The molecule has 0 spiro atoms. The molecule has 1 aromatic carbocycles. The van der Waals surface area contributed by atoms with Crippen LogP contribution in [-0.4, -0.2) is 48.1 Å². The van der Waals surface area contributed by atoms with Gasteiger partial charge in [-0.1, -0.05) is 0 Å². The Morgan fingerprint density at radius 1 is 1.45 bits per heavy atom. The van der Waals surface area contributed by atoms with E-state index >= 15 is 0 Å². The van der Waals surface area contributed by atoms with Crippen LogP contribution in [0.1, 0.15) is 18.4 Å². The second kappa shape index (κ2) is 8.50. The molecule has 0 aliphatic rings. The third-order valence-corrected chi connectivity index (χ3v) is 2.82. The lowest BCUT2D eigenvalue weighted by molar-refractivity contribution is -0.138. The number of hydrogen-bond donors (Lipinski definition) is 4. The highest BCUT2D eigenvalue weighted by Crippen LogP contribution is 2.25. The topological polar surface area (TPSA) is 144 Å². The summed E-state index contributed by atoms with van der Waals surface area (Å²) in [4.78, 5) is 19.0. The number of carboxylic acids is 1. The number of phenolic OH excluding ortho intramolecular Hbond substituents is 1. The second-order valence-corrected chi connectivity index (χ2v) is 4.51. The van der Waals surface area contributed by atoms with Crippen LogP contribution in [-0.2, 0) is 4.79 Å². The van der Waals surface area contributed by atoms with Gasteiger partial charge in [0, 0.05) is 12.8 Å². The molecule has 0 heterocycles. The van der Waals surface area contributed by atoms with Crippen molar-refractivity contribution in [2.45, 2.75) is 18.9 Å². The van der Waals surface area contributed by atoms with Gasteiger partial charge in [-0.3, -0.25) is 9.98 Å². The first-order valence-electron chi connectivity index (χ1n) is 6.62. The molecule has 0 saturated carbocycles. The Morgan fingerprint density at radius 2 is 2.18 bits per heavy atom. The van der Waals surface area contributed by atoms with Gasteiger partial charge in [0.05, 0.1) is 7.11 Å². The fraction of sp³-hybridized carbons (Fsp3) is 0.357. The van der Waals surface area contributed by atoms with E-state index in [1.54, 1.807) is 12.1 Å². The molecule has 1 unspecified atom stereocenters. The van der Waals surface area contributed by atoms with E-state index in [4.69, 9.17) is 21.3 Å². The lowest BCUT2D eigenvalue weighted by Gasteiger charge is -2.07. The van der Waals surface area contributed by atoms with Crippen LogP contribution >= 0.6 is 0 Å². The number of nitrogens with zero attached hydrogens (tertiary/aromatic N) is 2. The van der Waals surface area contributed by atoms with E-state index in [1.807, 2.05) is 0 Å². The Hall–Kier alpha value is -2.77. The van der Waals surface area contributed by atoms with Crippen molar-refractivity contribution >= 4 is 18.1 Å². The molecule has 0 saturated heterocycles. The Bertz CT molecular complexity index is 568. The zero-order chi connectivity index (χ0) is 16.5. The van der Waals surface area contributed by atoms with Crippen LogP contribution in [0.3, 0.4) is 0 Å². The molecule has 0 aliphatic carbocycles. The highest BCUT2D eigenvalue weighted by molar-refractivity contribution is 5.84. The molecule has 0 radical (unpaired) electrons. The molecule has 1 atom stereocenters. The Kier molecular flexibility index (Phi) is 6.68. The lowest BCUT2D eigenvalue weighted by atomic mass is 10.1. The number of aliphatic imine (C=N–C) groups is 2. The molecule has 0 fully saturated rings. The number of nitrogens with two attached hydrogens (primary N) is 2. The van der Waals surface area contributed by atoms with Gasteiger partial charge in [-0.05, 0) is 36.6 Å². The van der Waals surface area contributed by atoms with Gasteiger partial charge in [-0.25, -0.2) is 4.79 Å². The van der Waals surface area contributed by atoms with Crippen LogP contribution in [0.4, 0.5) is 0 Å². The number of carboxylic acid groups (broad SMARTS) is 1. The number of methoxy groups -OCH3 is 1. The summed E-state index contributed by atoms with van der Waals surface area (Å²) in [6.07, 6.45) is 2.21. The number of ether oxygens (including phenoxy) is 1. The van der Waals surface area contributed by atoms with Crippen molar-refractivity contribution in [3.63, 3.8) is 0 Å². The van der Waals surface area contributed by atoms with Crippen LogP contribution < -0.4 is 16.2 Å². The number of benzene rings is 1. The standard InChI is InChI=1S/C14H20N4O4/c1-22-12-5-4-9(7-11(12)19)8-18-10(13(20)21)3-2-6-17-14(15)16/h4-5,7-8,10,19H,2-3,6H2,1H3,(H,20,21)(H4,15,16,17). The predicted molar refractivity (Wildman–Crippen MR) is 83.6 cm³/mol. The summed E-state index contributed by atoms with van der Waals surface area (Å²) in [7, 11) is 1.44. The van der Waals surface area contributed by atoms with E-state index in [9.17, 15) is 9.90 Å². The van der Waals surface area contributed by atoms with Gasteiger partial charge in [0.1, 0.15) is 6.04 Å². The Morgan fingerprint density at radius 3 is 2.73 bits per heavy atom. The number of rotatable bonds is 8. The summed E-state index contributed by atoms with van der Waals surface area (Å²) in [5.41, 5.74) is 11.0. The van der Waals surface area contributed by atoms with Gasteiger partial charge in [0.2, 0.25) is 0 Å². The fourth-order valence-corrected chi connectivity index (χ4v) is 1.72. The highest BCUT2D eigenvalue weighted by Gasteiger charge is 2.14. The third kappa shape index (κ3) is 5.70. The molecule has 1 aromatic rings. The van der Waals surface area contributed by atoms with E-state index < -0.39 is 12.0 Å². The van der Waals surface area contributed by atoms with Crippen molar-refractivity contribution in [3.8, 4) is 11.5 Å². The minimum Gasteiger partial charge on any atom is -0.504 e. The van der Waals surface area contributed by atoms with Crippen molar-refractivity contribution in [1.29, 1.82) is 0 Å². The van der Waals surface area contributed by atoms with Gasteiger partial charge in [0.15, 0.2) is 17.5 Å². The zero-order valence-electron chi connectivity index (χ0n) is 12.3. The summed E-state index contributed by atoms with van der Waals surface area (Å²) < 4.78 is 4.93. The highest BCUT2D eigenvalue weighted by atomic mass is 16.5. The zero-order valence-corrected chi connectivity index (χ0v) is 12.3. The molecular formula is C14H20N4O4. The third-order valence-electron chi connectivity index (χ3n) is 2.82. The van der Waals surface area contributed by atoms with Crippen LogP contribution in [0, 0.1) is 0 Å². The van der Waals surface area contributed by atoms with Crippen LogP contribution in [0.15, 0.2) is 28.2 Å². The molecular weight excluding hydrogens is 288 g/mol. The quantitative estimate of drug-likeness (QED) is 0.309. The molecule has 22 heavy (non-hydrogen) atoms. The summed E-state index contributed by atoms with van der Waals surface area (Å²) in [6, 6.07) is 3.80. The first-order chi connectivity index (χ1) is 10.4. The maximum absolute atomic E-state index is 11.1. The number of guanidine groups is 1. The van der Waals surface area contributed by atoms with Crippen molar-refractivity contribution in [2.24, 2.45) is 21.5 Å². The van der Waals surface area contributed by atoms with Gasteiger partial charge in [-0.15, -0.1) is 0 Å². The number of hydrogen-bond acceptors (Lipinski definition) is 5. The molecule has 0 aromatic heterocycles. The van der Waals surface area contributed by atoms with Gasteiger partial charge < -0.3 is 26.4 Å². The molecule has 8 heteroatoms. The van der Waals surface area contributed by atoms with Gasteiger partial charge >= 0.3 is 5.97 Å². The lowest BCUT2D eigenvalue weighted by Crippen LogP contribution is -2.23. The smallest absolute Gasteiger partial charge is 0.328 e. The van der Waals surface area contributed by atoms with E-state index in [0.717, 1.165) is 0 Å². The monoisotopic (exact) mass is 308 g/mol. The van der Waals surface area contributed by atoms with Crippen molar-refractivity contribution < 1.29 is 19.7 Å². The number of carbonyl (C=O) groups is 1. The van der Waals surface area contributed by atoms with Crippen LogP contribution in [0.5, 0.6) is 11.5 Å². The maximum Gasteiger partial charge on any atom is 0.328 e. The average Bonchev–Trinajstić information content (AvgIpc) is 2.45. The number of aliphatic carboxylic acids is 1. The summed E-state index contributed by atoms with van der Waals surface area (Å²) in [5, 5.41) is 18.8. The summed E-state index contributed by atoms with van der Waals surface area (Å²) in [6.45, 7) is 0.352. The van der Waals surface area contributed by atoms with Crippen molar-refractivity contribution in [3.05, 3.63) is 23.8 Å². The van der Waals surface area contributed by atoms with Crippen molar-refractivity contribution in [1.82, 2.24) is 0 Å². The van der Waals surface area contributed by atoms with Gasteiger partial charge in [-0.2, -0.15) is 0 Å². The van der Waals surface area contributed by atoms with Gasteiger partial charge in [0.25, 0.3) is 0 Å². The largest absolute Gasteiger partial charge is 0.504 e.